The number of carbonyl (C=O) groups is 3. The van der Waals surface area contributed by atoms with Crippen molar-refractivity contribution in [3.05, 3.63) is 40.3 Å². The number of rotatable bonds is 5. The Morgan fingerprint density at radius 3 is 2.86 bits per heavy atom. The van der Waals surface area contributed by atoms with Crippen LogP contribution < -0.4 is 10.6 Å². The second kappa shape index (κ2) is 8.59. The second-order valence-corrected chi connectivity index (χ2v) is 9.33. The number of thiophene rings is 1. The average molecular weight is 431 g/mol. The van der Waals surface area contributed by atoms with E-state index in [0.29, 0.717) is 10.6 Å². The first-order chi connectivity index (χ1) is 14.1. The Balaban J connectivity index is 1.51. The van der Waals surface area contributed by atoms with Gasteiger partial charge in [-0.05, 0) is 50.3 Å². The van der Waals surface area contributed by atoms with Crippen LogP contribution in [0.25, 0.3) is 0 Å². The van der Waals surface area contributed by atoms with Crippen LogP contribution in [0.3, 0.4) is 0 Å². The lowest BCUT2D eigenvalue weighted by molar-refractivity contribution is -0.120. The highest BCUT2D eigenvalue weighted by Gasteiger charge is 2.31. The summed E-state index contributed by atoms with van der Waals surface area (Å²) < 4.78 is 5.23. The van der Waals surface area contributed by atoms with E-state index in [0.717, 1.165) is 46.7 Å². The van der Waals surface area contributed by atoms with E-state index >= 15 is 0 Å². The van der Waals surface area contributed by atoms with Crippen LogP contribution in [0, 0.1) is 0 Å². The van der Waals surface area contributed by atoms with E-state index in [4.69, 9.17) is 4.74 Å². The normalized spacial score (nSPS) is 17.7. The van der Waals surface area contributed by atoms with Gasteiger partial charge in [-0.25, -0.2) is 4.79 Å². The molecule has 152 valence electrons. The van der Waals surface area contributed by atoms with E-state index in [1.165, 1.54) is 23.1 Å². The molecule has 6 nitrogen and oxygen atoms in total. The van der Waals surface area contributed by atoms with Gasteiger partial charge in [-0.2, -0.15) is 0 Å². The molecule has 0 spiro atoms. The molecule has 29 heavy (non-hydrogen) atoms. The minimum Gasteiger partial charge on any atom is -0.462 e. The van der Waals surface area contributed by atoms with Crippen LogP contribution in [0.2, 0.25) is 0 Å². The summed E-state index contributed by atoms with van der Waals surface area (Å²) in [5.74, 6) is -0.845. The number of anilines is 2. The number of hydrogen-bond donors (Lipinski definition) is 2. The van der Waals surface area contributed by atoms with Crippen LogP contribution in [-0.4, -0.2) is 29.6 Å². The Kier molecular flexibility index (Phi) is 5.91. The number of carbonyl (C=O) groups excluding carboxylic acids is 3. The van der Waals surface area contributed by atoms with Crippen LogP contribution in [0.1, 0.15) is 47.0 Å². The maximum atomic E-state index is 12.7. The third kappa shape index (κ3) is 4.18. The van der Waals surface area contributed by atoms with Crippen LogP contribution in [-0.2, 0) is 27.2 Å². The second-order valence-electron chi connectivity index (χ2n) is 6.98. The lowest BCUT2D eigenvalue weighted by Gasteiger charge is -2.23. The molecule has 1 aliphatic carbocycles. The van der Waals surface area contributed by atoms with Crippen molar-refractivity contribution in [2.75, 3.05) is 17.2 Å². The molecule has 0 saturated heterocycles. The van der Waals surface area contributed by atoms with Gasteiger partial charge in [0, 0.05) is 16.2 Å². The van der Waals surface area contributed by atoms with Gasteiger partial charge in [0.1, 0.15) is 5.00 Å². The molecule has 1 aromatic heterocycles. The Bertz CT molecular complexity index is 970. The Morgan fingerprint density at radius 1 is 1.24 bits per heavy atom. The summed E-state index contributed by atoms with van der Waals surface area (Å²) in [6, 6.07) is 7.54. The van der Waals surface area contributed by atoms with Gasteiger partial charge in [0.05, 0.1) is 23.1 Å². The first-order valence-corrected chi connectivity index (χ1v) is 11.4. The van der Waals surface area contributed by atoms with Crippen molar-refractivity contribution in [1.82, 2.24) is 0 Å². The quantitative estimate of drug-likeness (QED) is 0.693. The molecule has 4 rings (SSSR count). The number of para-hydroxylation sites is 1. The maximum Gasteiger partial charge on any atom is 0.341 e. The van der Waals surface area contributed by atoms with E-state index < -0.39 is 5.25 Å². The lowest BCUT2D eigenvalue weighted by atomic mass is 9.95. The smallest absolute Gasteiger partial charge is 0.341 e. The fourth-order valence-electron chi connectivity index (χ4n) is 3.65. The van der Waals surface area contributed by atoms with Gasteiger partial charge in [0.25, 0.3) is 0 Å². The number of ether oxygens (including phenoxy) is 1. The summed E-state index contributed by atoms with van der Waals surface area (Å²) in [7, 11) is 0. The first-order valence-electron chi connectivity index (χ1n) is 9.75. The van der Waals surface area contributed by atoms with Crippen molar-refractivity contribution in [2.45, 2.75) is 49.2 Å². The molecule has 0 fully saturated rings. The van der Waals surface area contributed by atoms with E-state index in [-0.39, 0.29) is 30.8 Å². The first kappa shape index (κ1) is 20.0. The third-order valence-corrected chi connectivity index (χ3v) is 7.46. The van der Waals surface area contributed by atoms with Crippen molar-refractivity contribution in [3.63, 3.8) is 0 Å². The van der Waals surface area contributed by atoms with Crippen LogP contribution in [0.5, 0.6) is 0 Å². The molecule has 1 aromatic carbocycles. The summed E-state index contributed by atoms with van der Waals surface area (Å²) in [6.45, 7) is 2.06. The molecule has 0 saturated carbocycles. The highest BCUT2D eigenvalue weighted by atomic mass is 32.2. The minimum atomic E-state index is -0.509. The summed E-state index contributed by atoms with van der Waals surface area (Å²) in [5, 5.41) is 5.77. The zero-order valence-electron chi connectivity index (χ0n) is 16.1. The number of esters is 1. The molecule has 1 aliphatic heterocycles. The van der Waals surface area contributed by atoms with Crippen LogP contribution in [0.15, 0.2) is 29.2 Å². The number of nitrogens with one attached hydrogen (secondary N) is 2. The van der Waals surface area contributed by atoms with Crippen molar-refractivity contribution >= 4 is 51.6 Å². The molecule has 1 unspecified atom stereocenters. The molecule has 2 heterocycles. The van der Waals surface area contributed by atoms with Gasteiger partial charge in [0.2, 0.25) is 11.8 Å². The molecular formula is C21H22N2O4S2. The number of aryl methyl sites for hydroxylation is 1. The predicted molar refractivity (Wildman–Crippen MR) is 115 cm³/mol. The average Bonchev–Trinajstić information content (AvgIpc) is 3.06. The lowest BCUT2D eigenvalue weighted by Crippen LogP contribution is -2.32. The molecule has 0 radical (unpaired) electrons. The van der Waals surface area contributed by atoms with E-state index in [1.807, 2.05) is 24.3 Å². The van der Waals surface area contributed by atoms with Crippen LogP contribution >= 0.6 is 23.1 Å². The number of amides is 2. The maximum absolute atomic E-state index is 12.7. The number of fused-ring (bicyclic) bond motifs is 2. The zero-order valence-corrected chi connectivity index (χ0v) is 17.7. The Morgan fingerprint density at radius 2 is 2.03 bits per heavy atom. The van der Waals surface area contributed by atoms with Gasteiger partial charge >= 0.3 is 5.97 Å². The summed E-state index contributed by atoms with van der Waals surface area (Å²) in [6.07, 6.45) is 3.90. The summed E-state index contributed by atoms with van der Waals surface area (Å²) in [5.41, 5.74) is 2.27. The Hall–Kier alpha value is -2.32. The largest absolute Gasteiger partial charge is 0.462 e. The molecule has 8 heteroatoms. The molecule has 1 atom stereocenters. The third-order valence-electron chi connectivity index (χ3n) is 4.98. The molecule has 2 aliphatic rings. The van der Waals surface area contributed by atoms with E-state index in [9.17, 15) is 14.4 Å². The van der Waals surface area contributed by atoms with Gasteiger partial charge in [-0.1, -0.05) is 12.1 Å². The molecule has 2 aromatic rings. The van der Waals surface area contributed by atoms with Crippen molar-refractivity contribution in [2.24, 2.45) is 0 Å². The van der Waals surface area contributed by atoms with Crippen molar-refractivity contribution in [1.29, 1.82) is 0 Å². The standard InChI is InChI=1S/C21H22N2O4S2/c1-2-27-21(26)18-12-7-3-5-9-14(12)29-20(18)23-17(24)11-16-19(25)22-13-8-4-6-10-15(13)28-16/h4,6,8,10,16H,2-3,5,7,9,11H2,1H3,(H,22,25)(H,23,24). The fourth-order valence-corrected chi connectivity index (χ4v) is 6.05. The van der Waals surface area contributed by atoms with Gasteiger partial charge in [0.15, 0.2) is 0 Å². The summed E-state index contributed by atoms with van der Waals surface area (Å²) >= 11 is 2.84. The SMILES string of the molecule is CCOC(=O)c1c(NC(=O)CC2Sc3ccccc3NC2=O)sc2c1CCCC2. The van der Waals surface area contributed by atoms with Crippen LogP contribution in [0.4, 0.5) is 10.7 Å². The zero-order chi connectivity index (χ0) is 20.4. The molecule has 0 bridgehead atoms. The highest BCUT2D eigenvalue weighted by molar-refractivity contribution is 8.01. The van der Waals surface area contributed by atoms with Gasteiger partial charge < -0.3 is 15.4 Å². The summed E-state index contributed by atoms with van der Waals surface area (Å²) in [4.78, 5) is 39.7. The topological polar surface area (TPSA) is 84.5 Å². The van der Waals surface area contributed by atoms with Gasteiger partial charge in [-0.15, -0.1) is 23.1 Å². The van der Waals surface area contributed by atoms with Crippen molar-refractivity contribution < 1.29 is 19.1 Å². The van der Waals surface area contributed by atoms with Crippen molar-refractivity contribution in [3.8, 4) is 0 Å². The fraction of sp³-hybridized carbons (Fsp3) is 0.381. The Labute approximate surface area is 177 Å². The predicted octanol–water partition coefficient (Wildman–Crippen LogP) is 4.25. The molecular weight excluding hydrogens is 408 g/mol. The number of hydrogen-bond acceptors (Lipinski definition) is 6. The van der Waals surface area contributed by atoms with E-state index in [2.05, 4.69) is 10.6 Å². The van der Waals surface area contributed by atoms with Gasteiger partial charge in [-0.3, -0.25) is 9.59 Å². The number of thioether (sulfide) groups is 1. The highest BCUT2D eigenvalue weighted by Crippen LogP contribution is 2.40. The monoisotopic (exact) mass is 430 g/mol. The molecule has 2 amide bonds. The minimum absolute atomic E-state index is 0.0374. The van der Waals surface area contributed by atoms with E-state index in [1.54, 1.807) is 6.92 Å². The number of benzene rings is 1. The molecule has 2 N–H and O–H groups in total.